The van der Waals surface area contributed by atoms with Crippen molar-refractivity contribution in [2.45, 2.75) is 39.0 Å². The van der Waals surface area contributed by atoms with Crippen LogP contribution in [0, 0.1) is 6.92 Å². The van der Waals surface area contributed by atoms with Gasteiger partial charge < -0.3 is 10.2 Å². The second-order valence-corrected chi connectivity index (χ2v) is 7.97. The Morgan fingerprint density at radius 1 is 0.933 bits per heavy atom. The maximum atomic E-state index is 12.4. The molecule has 0 radical (unpaired) electrons. The van der Waals surface area contributed by atoms with E-state index in [1.54, 1.807) is 0 Å². The lowest BCUT2D eigenvalue weighted by Gasteiger charge is -2.20. The van der Waals surface area contributed by atoms with Gasteiger partial charge in [0, 0.05) is 24.3 Å². The number of carbonyl (C=O) groups excluding carboxylic acids is 1. The standard InChI is InChI=1S/C25H28N4O/c1-19-9-11-20(12-10-19)17-25(30)26-22-8-6-7-21(18-22)23-13-14-24(28-27-23)29-15-4-2-3-5-16-29/h6-14,18H,2-5,15-17H2,1H3,(H,26,30). The van der Waals surface area contributed by atoms with Crippen LogP contribution in [0.2, 0.25) is 0 Å². The highest BCUT2D eigenvalue weighted by molar-refractivity contribution is 5.92. The van der Waals surface area contributed by atoms with Crippen LogP contribution in [0.25, 0.3) is 11.3 Å². The first-order valence-corrected chi connectivity index (χ1v) is 10.7. The van der Waals surface area contributed by atoms with Crippen LogP contribution in [0.4, 0.5) is 11.5 Å². The number of benzene rings is 2. The molecule has 1 N–H and O–H groups in total. The van der Waals surface area contributed by atoms with E-state index < -0.39 is 0 Å². The molecule has 5 heteroatoms. The first-order chi connectivity index (χ1) is 14.7. The number of anilines is 2. The summed E-state index contributed by atoms with van der Waals surface area (Å²) in [6.07, 6.45) is 5.38. The fourth-order valence-corrected chi connectivity index (χ4v) is 3.80. The highest BCUT2D eigenvalue weighted by Crippen LogP contribution is 2.23. The summed E-state index contributed by atoms with van der Waals surface area (Å²) in [6, 6.07) is 19.9. The highest BCUT2D eigenvalue weighted by Gasteiger charge is 2.12. The Kier molecular flexibility index (Phi) is 6.38. The lowest BCUT2D eigenvalue weighted by molar-refractivity contribution is -0.115. The van der Waals surface area contributed by atoms with Gasteiger partial charge in [0.1, 0.15) is 0 Å². The lowest BCUT2D eigenvalue weighted by atomic mass is 10.1. The third-order valence-electron chi connectivity index (χ3n) is 5.51. The van der Waals surface area contributed by atoms with Crippen LogP contribution in [0.1, 0.15) is 36.8 Å². The predicted octanol–water partition coefficient (Wildman–Crippen LogP) is 5.01. The molecule has 4 rings (SSSR count). The van der Waals surface area contributed by atoms with Gasteiger partial charge >= 0.3 is 0 Å². The monoisotopic (exact) mass is 400 g/mol. The van der Waals surface area contributed by atoms with Crippen molar-refractivity contribution >= 4 is 17.4 Å². The number of carbonyl (C=O) groups is 1. The molecule has 0 atom stereocenters. The molecule has 1 aliphatic heterocycles. The third kappa shape index (κ3) is 5.23. The summed E-state index contributed by atoms with van der Waals surface area (Å²) in [7, 11) is 0. The molecular weight excluding hydrogens is 372 g/mol. The molecule has 154 valence electrons. The van der Waals surface area contributed by atoms with Crippen LogP contribution in [0.15, 0.2) is 60.7 Å². The molecule has 1 fully saturated rings. The van der Waals surface area contributed by atoms with Gasteiger partial charge in [-0.15, -0.1) is 10.2 Å². The number of amides is 1. The number of aromatic nitrogens is 2. The number of rotatable bonds is 5. The SMILES string of the molecule is Cc1ccc(CC(=O)Nc2cccc(-c3ccc(N4CCCCCC4)nn3)c2)cc1. The molecule has 1 aromatic heterocycles. The fraction of sp³-hybridized carbons (Fsp3) is 0.320. The van der Waals surface area contributed by atoms with Crippen LogP contribution in [-0.2, 0) is 11.2 Å². The van der Waals surface area contributed by atoms with E-state index >= 15 is 0 Å². The minimum atomic E-state index is -0.0291. The average Bonchev–Trinajstić information content (AvgIpc) is 3.05. The van der Waals surface area contributed by atoms with Gasteiger partial charge in [0.15, 0.2) is 5.82 Å². The number of hydrogen-bond donors (Lipinski definition) is 1. The summed E-state index contributed by atoms with van der Waals surface area (Å²) in [5.74, 6) is 0.918. The summed E-state index contributed by atoms with van der Waals surface area (Å²) in [4.78, 5) is 14.7. The van der Waals surface area contributed by atoms with Gasteiger partial charge in [-0.1, -0.05) is 54.8 Å². The molecule has 3 aromatic rings. The largest absolute Gasteiger partial charge is 0.355 e. The molecule has 0 bridgehead atoms. The van der Waals surface area contributed by atoms with Crippen LogP contribution >= 0.6 is 0 Å². The van der Waals surface area contributed by atoms with Gasteiger partial charge in [0.2, 0.25) is 5.91 Å². The summed E-state index contributed by atoms with van der Waals surface area (Å²) >= 11 is 0. The van der Waals surface area contributed by atoms with E-state index in [9.17, 15) is 4.79 Å². The van der Waals surface area contributed by atoms with Crippen molar-refractivity contribution in [3.63, 3.8) is 0 Å². The fourth-order valence-electron chi connectivity index (χ4n) is 3.80. The predicted molar refractivity (Wildman–Crippen MR) is 122 cm³/mol. The van der Waals surface area contributed by atoms with Gasteiger partial charge in [-0.3, -0.25) is 4.79 Å². The number of nitrogens with zero attached hydrogens (tertiary/aromatic N) is 3. The zero-order chi connectivity index (χ0) is 20.8. The summed E-state index contributed by atoms with van der Waals surface area (Å²) in [5, 5.41) is 11.9. The van der Waals surface area contributed by atoms with Crippen molar-refractivity contribution in [2.75, 3.05) is 23.3 Å². The molecule has 2 aromatic carbocycles. The van der Waals surface area contributed by atoms with Gasteiger partial charge in [-0.05, 0) is 49.6 Å². The van der Waals surface area contributed by atoms with E-state index in [0.29, 0.717) is 6.42 Å². The van der Waals surface area contributed by atoms with Crippen LogP contribution < -0.4 is 10.2 Å². The Morgan fingerprint density at radius 3 is 2.40 bits per heavy atom. The topological polar surface area (TPSA) is 58.1 Å². The summed E-state index contributed by atoms with van der Waals surface area (Å²) in [5.41, 5.74) is 4.71. The van der Waals surface area contributed by atoms with Crippen molar-refractivity contribution in [1.82, 2.24) is 10.2 Å². The van der Waals surface area contributed by atoms with Crippen molar-refractivity contribution < 1.29 is 4.79 Å². The zero-order valence-corrected chi connectivity index (χ0v) is 17.5. The average molecular weight is 401 g/mol. The van der Waals surface area contributed by atoms with E-state index in [0.717, 1.165) is 41.4 Å². The second-order valence-electron chi connectivity index (χ2n) is 7.97. The molecule has 30 heavy (non-hydrogen) atoms. The second kappa shape index (κ2) is 9.53. The smallest absolute Gasteiger partial charge is 0.228 e. The van der Waals surface area contributed by atoms with Gasteiger partial charge in [-0.25, -0.2) is 0 Å². The Morgan fingerprint density at radius 2 is 1.70 bits per heavy atom. The molecule has 0 unspecified atom stereocenters. The molecular formula is C25H28N4O. The van der Waals surface area contributed by atoms with E-state index in [-0.39, 0.29) is 5.91 Å². The third-order valence-corrected chi connectivity index (χ3v) is 5.51. The van der Waals surface area contributed by atoms with Gasteiger partial charge in [-0.2, -0.15) is 0 Å². The number of nitrogens with one attached hydrogen (secondary N) is 1. The Hall–Kier alpha value is -3.21. The van der Waals surface area contributed by atoms with E-state index in [2.05, 4.69) is 26.5 Å². The molecule has 5 nitrogen and oxygen atoms in total. The molecule has 1 saturated heterocycles. The normalized spacial score (nSPS) is 14.2. The summed E-state index contributed by atoms with van der Waals surface area (Å²) < 4.78 is 0. The Balaban J connectivity index is 1.42. The molecule has 2 heterocycles. The molecule has 1 amide bonds. The number of aryl methyl sites for hydroxylation is 1. The minimum absolute atomic E-state index is 0.0291. The highest BCUT2D eigenvalue weighted by atomic mass is 16.1. The quantitative estimate of drug-likeness (QED) is 0.654. The van der Waals surface area contributed by atoms with Crippen molar-refractivity contribution in [3.8, 4) is 11.3 Å². The van der Waals surface area contributed by atoms with Gasteiger partial charge in [0.25, 0.3) is 0 Å². The first-order valence-electron chi connectivity index (χ1n) is 10.7. The van der Waals surface area contributed by atoms with E-state index in [1.807, 2.05) is 61.5 Å². The van der Waals surface area contributed by atoms with Crippen molar-refractivity contribution in [1.29, 1.82) is 0 Å². The van der Waals surface area contributed by atoms with Crippen LogP contribution in [0.3, 0.4) is 0 Å². The summed E-state index contributed by atoms with van der Waals surface area (Å²) in [6.45, 7) is 4.14. The zero-order valence-electron chi connectivity index (χ0n) is 17.5. The van der Waals surface area contributed by atoms with Crippen molar-refractivity contribution in [3.05, 3.63) is 71.8 Å². The van der Waals surface area contributed by atoms with Gasteiger partial charge in [0.05, 0.1) is 12.1 Å². The molecule has 0 saturated carbocycles. The van der Waals surface area contributed by atoms with Crippen molar-refractivity contribution in [2.24, 2.45) is 0 Å². The van der Waals surface area contributed by atoms with E-state index in [4.69, 9.17) is 0 Å². The molecule has 0 aliphatic carbocycles. The first kappa shape index (κ1) is 20.1. The minimum Gasteiger partial charge on any atom is -0.355 e. The lowest BCUT2D eigenvalue weighted by Crippen LogP contribution is -2.25. The molecule has 0 spiro atoms. The Labute approximate surface area is 178 Å². The van der Waals surface area contributed by atoms with Crippen LogP contribution in [-0.4, -0.2) is 29.2 Å². The van der Waals surface area contributed by atoms with Crippen LogP contribution in [0.5, 0.6) is 0 Å². The maximum Gasteiger partial charge on any atom is 0.228 e. The van der Waals surface area contributed by atoms with E-state index in [1.165, 1.54) is 31.2 Å². The number of hydrogen-bond acceptors (Lipinski definition) is 4. The maximum absolute atomic E-state index is 12.4. The molecule has 1 aliphatic rings. The Bertz CT molecular complexity index is 975.